The fraction of sp³-hybridized carbons (Fsp3) is 0.200. The van der Waals surface area contributed by atoms with Crippen LogP contribution in [-0.4, -0.2) is 24.9 Å². The van der Waals surface area contributed by atoms with Crippen LogP contribution in [-0.2, 0) is 0 Å². The van der Waals surface area contributed by atoms with Gasteiger partial charge in [-0.1, -0.05) is 18.2 Å². The highest BCUT2D eigenvalue weighted by atomic mass is 32.1. The molecule has 26 heavy (non-hydrogen) atoms. The predicted molar refractivity (Wildman–Crippen MR) is 106 cm³/mol. The maximum absolute atomic E-state index is 12.8. The van der Waals surface area contributed by atoms with Crippen LogP contribution in [0.15, 0.2) is 48.5 Å². The molecule has 0 saturated carbocycles. The molecule has 1 aromatic heterocycles. The minimum atomic E-state index is -0.504. The number of amides is 2. The summed E-state index contributed by atoms with van der Waals surface area (Å²) in [6.45, 7) is 1.89. The quantitative estimate of drug-likeness (QED) is 0.737. The number of nitrogens with zero attached hydrogens (tertiary/aromatic N) is 1. The molecule has 0 bridgehead atoms. The number of benzene rings is 2. The van der Waals surface area contributed by atoms with E-state index in [0.717, 1.165) is 41.7 Å². The molecule has 1 aliphatic heterocycles. The maximum atomic E-state index is 12.8. The van der Waals surface area contributed by atoms with Crippen molar-refractivity contribution in [1.82, 2.24) is 0 Å². The van der Waals surface area contributed by atoms with Gasteiger partial charge in [0.25, 0.3) is 5.91 Å². The maximum Gasteiger partial charge on any atom is 0.265 e. The minimum Gasteiger partial charge on any atom is -0.370 e. The molecule has 0 aliphatic carbocycles. The Morgan fingerprint density at radius 3 is 2.54 bits per heavy atom. The van der Waals surface area contributed by atoms with Gasteiger partial charge in [-0.05, 0) is 48.6 Å². The van der Waals surface area contributed by atoms with Crippen molar-refractivity contribution in [1.29, 1.82) is 0 Å². The van der Waals surface area contributed by atoms with Gasteiger partial charge in [0, 0.05) is 23.4 Å². The molecule has 6 heteroatoms. The summed E-state index contributed by atoms with van der Waals surface area (Å²) in [5.41, 5.74) is 7.37. The summed E-state index contributed by atoms with van der Waals surface area (Å²) < 4.78 is 1.07. The standard InChI is InChI=1S/C20H19N3O2S/c21-19(24)14-7-8-16(23-9-3-4-10-23)15(11-14)22-20(25)18-12-13-5-1-2-6-17(13)26-18/h1-2,5-8,11-12H,3-4,9-10H2,(H2,21,24)(H,22,25). The SMILES string of the molecule is NC(=O)c1ccc(N2CCCC2)c(NC(=O)c2cc3ccccc3s2)c1. The third kappa shape index (κ3) is 3.15. The third-order valence-electron chi connectivity index (χ3n) is 4.63. The molecule has 3 N–H and O–H groups in total. The van der Waals surface area contributed by atoms with Gasteiger partial charge in [0.2, 0.25) is 5.91 Å². The molecule has 2 aromatic carbocycles. The van der Waals surface area contributed by atoms with Crippen molar-refractivity contribution >= 4 is 44.6 Å². The molecule has 1 aliphatic rings. The van der Waals surface area contributed by atoms with Crippen molar-refractivity contribution in [3.05, 3.63) is 59.0 Å². The first-order valence-corrected chi connectivity index (χ1v) is 9.42. The number of nitrogens with two attached hydrogens (primary N) is 1. The summed E-state index contributed by atoms with van der Waals surface area (Å²) in [5.74, 6) is -0.677. The zero-order chi connectivity index (χ0) is 18.1. The molecule has 1 fully saturated rings. The highest BCUT2D eigenvalue weighted by molar-refractivity contribution is 7.20. The Morgan fingerprint density at radius 1 is 1.04 bits per heavy atom. The van der Waals surface area contributed by atoms with Crippen molar-refractivity contribution in [2.45, 2.75) is 12.8 Å². The molecule has 0 unspecified atom stereocenters. The van der Waals surface area contributed by atoms with Crippen LogP contribution in [0.4, 0.5) is 11.4 Å². The lowest BCUT2D eigenvalue weighted by Gasteiger charge is -2.22. The molecule has 4 rings (SSSR count). The van der Waals surface area contributed by atoms with Gasteiger partial charge in [0.15, 0.2) is 0 Å². The molecule has 5 nitrogen and oxygen atoms in total. The smallest absolute Gasteiger partial charge is 0.265 e. The average molecular weight is 365 g/mol. The van der Waals surface area contributed by atoms with Crippen molar-refractivity contribution in [2.75, 3.05) is 23.3 Å². The summed E-state index contributed by atoms with van der Waals surface area (Å²) >= 11 is 1.46. The number of primary amides is 1. The van der Waals surface area contributed by atoms with Gasteiger partial charge in [0.05, 0.1) is 16.3 Å². The van der Waals surface area contributed by atoms with E-state index in [0.29, 0.717) is 16.1 Å². The molecule has 3 aromatic rings. The van der Waals surface area contributed by atoms with Crippen molar-refractivity contribution in [2.24, 2.45) is 5.73 Å². The average Bonchev–Trinajstić information content (AvgIpc) is 3.31. The molecule has 2 heterocycles. The number of carbonyl (C=O) groups is 2. The molecule has 132 valence electrons. The number of hydrogen-bond donors (Lipinski definition) is 2. The minimum absolute atomic E-state index is 0.173. The van der Waals surface area contributed by atoms with Gasteiger partial charge in [-0.25, -0.2) is 0 Å². The number of fused-ring (bicyclic) bond motifs is 1. The van der Waals surface area contributed by atoms with E-state index in [9.17, 15) is 9.59 Å². The Labute approximate surface area is 155 Å². The van der Waals surface area contributed by atoms with E-state index in [1.807, 2.05) is 36.4 Å². The third-order valence-corrected chi connectivity index (χ3v) is 5.74. The van der Waals surface area contributed by atoms with Crippen LogP contribution in [0.25, 0.3) is 10.1 Å². The fourth-order valence-electron chi connectivity index (χ4n) is 3.30. The lowest BCUT2D eigenvalue weighted by molar-refractivity contribution is 0.0996. The number of nitrogens with one attached hydrogen (secondary N) is 1. The van der Waals surface area contributed by atoms with E-state index in [1.54, 1.807) is 12.1 Å². The summed E-state index contributed by atoms with van der Waals surface area (Å²) in [6.07, 6.45) is 2.25. The lowest BCUT2D eigenvalue weighted by atomic mass is 10.1. The molecular weight excluding hydrogens is 346 g/mol. The summed E-state index contributed by atoms with van der Waals surface area (Å²) in [5, 5.41) is 4.03. The Kier molecular flexibility index (Phi) is 4.34. The van der Waals surface area contributed by atoms with E-state index in [4.69, 9.17) is 5.73 Å². The Morgan fingerprint density at radius 2 is 1.81 bits per heavy atom. The fourth-order valence-corrected chi connectivity index (χ4v) is 4.26. The first kappa shape index (κ1) is 16.6. The van der Waals surface area contributed by atoms with E-state index in [1.165, 1.54) is 11.3 Å². The Balaban J connectivity index is 1.67. The normalized spacial score (nSPS) is 13.9. The second-order valence-corrected chi connectivity index (χ2v) is 7.48. The van der Waals surface area contributed by atoms with Crippen LogP contribution in [0.5, 0.6) is 0 Å². The second-order valence-electron chi connectivity index (χ2n) is 6.39. The van der Waals surface area contributed by atoms with Crippen LogP contribution in [0.3, 0.4) is 0 Å². The second kappa shape index (κ2) is 6.80. The molecule has 0 atom stereocenters. The summed E-state index contributed by atoms with van der Waals surface area (Å²) in [7, 11) is 0. The largest absolute Gasteiger partial charge is 0.370 e. The first-order valence-electron chi connectivity index (χ1n) is 8.60. The van der Waals surface area contributed by atoms with Gasteiger partial charge in [0.1, 0.15) is 0 Å². The van der Waals surface area contributed by atoms with Crippen LogP contribution in [0, 0.1) is 0 Å². The highest BCUT2D eigenvalue weighted by Crippen LogP contribution is 2.32. The monoisotopic (exact) mass is 365 g/mol. The van der Waals surface area contributed by atoms with Gasteiger partial charge in [-0.2, -0.15) is 0 Å². The van der Waals surface area contributed by atoms with Gasteiger partial charge >= 0.3 is 0 Å². The Hall–Kier alpha value is -2.86. The van der Waals surface area contributed by atoms with E-state index in [2.05, 4.69) is 10.2 Å². The number of hydrogen-bond acceptors (Lipinski definition) is 4. The topological polar surface area (TPSA) is 75.4 Å². The molecule has 1 saturated heterocycles. The molecule has 0 radical (unpaired) electrons. The molecule has 2 amide bonds. The zero-order valence-electron chi connectivity index (χ0n) is 14.2. The van der Waals surface area contributed by atoms with Crippen LogP contribution < -0.4 is 16.0 Å². The van der Waals surface area contributed by atoms with Gasteiger partial charge < -0.3 is 16.0 Å². The molecule has 0 spiro atoms. The van der Waals surface area contributed by atoms with Crippen LogP contribution >= 0.6 is 11.3 Å². The predicted octanol–water partition coefficient (Wildman–Crippen LogP) is 3.85. The number of rotatable bonds is 4. The van der Waals surface area contributed by atoms with E-state index < -0.39 is 5.91 Å². The number of anilines is 2. The van der Waals surface area contributed by atoms with Crippen molar-refractivity contribution in [3.63, 3.8) is 0 Å². The van der Waals surface area contributed by atoms with Crippen LogP contribution in [0.2, 0.25) is 0 Å². The number of thiophene rings is 1. The van der Waals surface area contributed by atoms with Gasteiger partial charge in [-0.15, -0.1) is 11.3 Å². The summed E-state index contributed by atoms with van der Waals surface area (Å²) in [6, 6.07) is 15.0. The molecular formula is C20H19N3O2S. The Bertz CT molecular complexity index is 957. The van der Waals surface area contributed by atoms with E-state index in [-0.39, 0.29) is 5.91 Å². The lowest BCUT2D eigenvalue weighted by Crippen LogP contribution is -2.22. The first-order chi connectivity index (χ1) is 12.6. The van der Waals surface area contributed by atoms with Crippen molar-refractivity contribution in [3.8, 4) is 0 Å². The zero-order valence-corrected chi connectivity index (χ0v) is 15.0. The van der Waals surface area contributed by atoms with Crippen molar-refractivity contribution < 1.29 is 9.59 Å². The van der Waals surface area contributed by atoms with Gasteiger partial charge in [-0.3, -0.25) is 9.59 Å². The summed E-state index contributed by atoms with van der Waals surface area (Å²) in [4.78, 5) is 27.2. The van der Waals surface area contributed by atoms with E-state index >= 15 is 0 Å². The highest BCUT2D eigenvalue weighted by Gasteiger charge is 2.19. The number of carbonyl (C=O) groups excluding carboxylic acids is 2. The van der Waals surface area contributed by atoms with Crippen LogP contribution in [0.1, 0.15) is 32.9 Å².